The van der Waals surface area contributed by atoms with E-state index >= 15 is 0 Å². The third-order valence-corrected chi connectivity index (χ3v) is 4.61. The summed E-state index contributed by atoms with van der Waals surface area (Å²) < 4.78 is 20.1. The van der Waals surface area contributed by atoms with Gasteiger partial charge in [-0.25, -0.2) is 19.0 Å². The lowest BCUT2D eigenvalue weighted by molar-refractivity contribution is 0.120. The second-order valence-electron chi connectivity index (χ2n) is 6.95. The summed E-state index contributed by atoms with van der Waals surface area (Å²) in [4.78, 5) is 13.0. The Hall–Kier alpha value is -3.85. The second kappa shape index (κ2) is 9.31. The molecule has 0 aliphatic carbocycles. The van der Waals surface area contributed by atoms with Gasteiger partial charge in [0, 0.05) is 37.3 Å². The van der Waals surface area contributed by atoms with E-state index in [1.54, 1.807) is 48.7 Å². The summed E-state index contributed by atoms with van der Waals surface area (Å²) in [5.41, 5.74) is 2.78. The molecule has 0 spiro atoms. The van der Waals surface area contributed by atoms with Crippen molar-refractivity contribution in [2.45, 2.75) is 19.7 Å². The van der Waals surface area contributed by atoms with Crippen molar-refractivity contribution < 1.29 is 9.13 Å². The molecule has 4 aromatic rings. The van der Waals surface area contributed by atoms with Gasteiger partial charge in [0.1, 0.15) is 30.0 Å². The molecule has 2 N–H and O–H groups in total. The highest BCUT2D eigenvalue weighted by Crippen LogP contribution is 2.28. The molecule has 1 aromatic carbocycles. The highest BCUT2D eigenvalue weighted by Gasteiger charge is 2.11. The third kappa shape index (κ3) is 5.20. The number of benzene rings is 1. The Kier molecular flexibility index (Phi) is 6.13. The summed E-state index contributed by atoms with van der Waals surface area (Å²) in [5.74, 6) is 1.57. The number of ether oxygens (including phenoxy) is 1. The smallest absolute Gasteiger partial charge is 0.150 e. The van der Waals surface area contributed by atoms with Crippen LogP contribution in [0.4, 0.5) is 21.8 Å². The van der Waals surface area contributed by atoms with E-state index in [0.717, 1.165) is 16.7 Å². The van der Waals surface area contributed by atoms with Crippen LogP contribution < -0.4 is 10.6 Å². The van der Waals surface area contributed by atoms with Crippen molar-refractivity contribution >= 4 is 17.5 Å². The van der Waals surface area contributed by atoms with Gasteiger partial charge < -0.3 is 15.4 Å². The first-order valence-corrected chi connectivity index (χ1v) is 9.69. The van der Waals surface area contributed by atoms with Crippen molar-refractivity contribution in [3.05, 3.63) is 78.8 Å². The van der Waals surface area contributed by atoms with Crippen LogP contribution in [0.1, 0.15) is 18.5 Å². The predicted molar refractivity (Wildman–Crippen MR) is 116 cm³/mol. The van der Waals surface area contributed by atoms with E-state index in [0.29, 0.717) is 24.2 Å². The SMILES string of the molecule is COCn1cc(-c2cc(Nc3cnccn3)nc(N[C@@H](C)c3ccc(F)cc3)c2)cn1. The van der Waals surface area contributed by atoms with Crippen LogP contribution in [0.2, 0.25) is 0 Å². The Morgan fingerprint density at radius 2 is 1.84 bits per heavy atom. The first kappa shape index (κ1) is 20.4. The Morgan fingerprint density at radius 3 is 2.58 bits per heavy atom. The molecule has 0 aliphatic rings. The number of rotatable bonds is 8. The minimum atomic E-state index is -0.264. The first-order valence-electron chi connectivity index (χ1n) is 9.69. The molecule has 0 radical (unpaired) electrons. The number of hydrogen-bond donors (Lipinski definition) is 2. The van der Waals surface area contributed by atoms with Gasteiger partial charge in [0.2, 0.25) is 0 Å². The number of nitrogens with one attached hydrogen (secondary N) is 2. The molecule has 3 heterocycles. The maximum absolute atomic E-state index is 13.3. The maximum Gasteiger partial charge on any atom is 0.150 e. The van der Waals surface area contributed by atoms with E-state index in [4.69, 9.17) is 4.74 Å². The van der Waals surface area contributed by atoms with Gasteiger partial charge in [-0.1, -0.05) is 12.1 Å². The molecule has 4 rings (SSSR count). The number of methoxy groups -OCH3 is 1. The summed E-state index contributed by atoms with van der Waals surface area (Å²) in [5, 5.41) is 10.9. The fraction of sp³-hybridized carbons (Fsp3) is 0.182. The fourth-order valence-corrected chi connectivity index (χ4v) is 3.10. The average Bonchev–Trinajstić information content (AvgIpc) is 3.24. The molecule has 31 heavy (non-hydrogen) atoms. The zero-order valence-electron chi connectivity index (χ0n) is 17.2. The van der Waals surface area contributed by atoms with Gasteiger partial charge in [0.15, 0.2) is 0 Å². The fourth-order valence-electron chi connectivity index (χ4n) is 3.10. The molecule has 0 unspecified atom stereocenters. The van der Waals surface area contributed by atoms with Crippen LogP contribution in [0.15, 0.2) is 67.4 Å². The minimum absolute atomic E-state index is 0.0797. The summed E-state index contributed by atoms with van der Waals surface area (Å²) in [6, 6.07) is 10.2. The lowest BCUT2D eigenvalue weighted by Gasteiger charge is -2.17. The normalized spacial score (nSPS) is 11.8. The van der Waals surface area contributed by atoms with Crippen LogP contribution in [0, 0.1) is 5.82 Å². The van der Waals surface area contributed by atoms with Gasteiger partial charge in [-0.2, -0.15) is 5.10 Å². The number of anilines is 3. The molecule has 0 saturated heterocycles. The van der Waals surface area contributed by atoms with Crippen LogP contribution in [0.5, 0.6) is 0 Å². The molecule has 0 bridgehead atoms. The summed E-state index contributed by atoms with van der Waals surface area (Å²) in [6.07, 6.45) is 8.51. The zero-order valence-corrected chi connectivity index (χ0v) is 17.2. The van der Waals surface area contributed by atoms with Gasteiger partial charge in [-0.3, -0.25) is 4.98 Å². The lowest BCUT2D eigenvalue weighted by atomic mass is 10.1. The van der Waals surface area contributed by atoms with Gasteiger partial charge in [0.05, 0.1) is 12.4 Å². The van der Waals surface area contributed by atoms with Crippen LogP contribution >= 0.6 is 0 Å². The maximum atomic E-state index is 13.3. The minimum Gasteiger partial charge on any atom is -0.363 e. The number of halogens is 1. The van der Waals surface area contributed by atoms with Crippen molar-refractivity contribution in [3.8, 4) is 11.1 Å². The Labute approximate surface area is 179 Å². The Bertz CT molecular complexity index is 1130. The summed E-state index contributed by atoms with van der Waals surface area (Å²) >= 11 is 0. The van der Waals surface area contributed by atoms with E-state index in [9.17, 15) is 4.39 Å². The van der Waals surface area contributed by atoms with Crippen LogP contribution in [-0.2, 0) is 11.5 Å². The molecule has 0 amide bonds. The van der Waals surface area contributed by atoms with Crippen molar-refractivity contribution in [2.75, 3.05) is 17.7 Å². The Balaban J connectivity index is 1.65. The van der Waals surface area contributed by atoms with Crippen molar-refractivity contribution in [2.24, 2.45) is 0 Å². The van der Waals surface area contributed by atoms with Crippen molar-refractivity contribution in [1.29, 1.82) is 0 Å². The topological polar surface area (TPSA) is 89.8 Å². The third-order valence-electron chi connectivity index (χ3n) is 4.61. The summed E-state index contributed by atoms with van der Waals surface area (Å²) in [6.45, 7) is 2.36. The number of pyridine rings is 1. The molecule has 8 nitrogen and oxygen atoms in total. The largest absolute Gasteiger partial charge is 0.363 e. The van der Waals surface area contributed by atoms with Gasteiger partial charge in [-0.05, 0) is 42.3 Å². The molecule has 0 aliphatic heterocycles. The number of hydrogen-bond acceptors (Lipinski definition) is 7. The first-order chi connectivity index (χ1) is 15.1. The number of aromatic nitrogens is 5. The van der Waals surface area contributed by atoms with Crippen LogP contribution in [0.3, 0.4) is 0 Å². The quantitative estimate of drug-likeness (QED) is 0.438. The molecule has 9 heteroatoms. The van der Waals surface area contributed by atoms with E-state index in [-0.39, 0.29) is 11.9 Å². The van der Waals surface area contributed by atoms with Crippen LogP contribution in [-0.4, -0.2) is 31.8 Å². The lowest BCUT2D eigenvalue weighted by Crippen LogP contribution is -2.09. The zero-order chi connectivity index (χ0) is 21.6. The highest BCUT2D eigenvalue weighted by molar-refractivity contribution is 5.71. The van der Waals surface area contributed by atoms with Gasteiger partial charge in [-0.15, -0.1) is 0 Å². The van der Waals surface area contributed by atoms with E-state index in [2.05, 4.69) is 30.7 Å². The van der Waals surface area contributed by atoms with E-state index < -0.39 is 0 Å². The van der Waals surface area contributed by atoms with Gasteiger partial charge in [0.25, 0.3) is 0 Å². The molecule has 0 fully saturated rings. The second-order valence-corrected chi connectivity index (χ2v) is 6.95. The number of nitrogens with zero attached hydrogens (tertiary/aromatic N) is 5. The molecule has 0 saturated carbocycles. The highest BCUT2D eigenvalue weighted by atomic mass is 19.1. The molecular formula is C22H22FN7O. The molecule has 158 valence electrons. The van der Waals surface area contributed by atoms with E-state index in [1.807, 2.05) is 25.3 Å². The predicted octanol–water partition coefficient (Wildman–Crippen LogP) is 4.39. The molecule has 1 atom stereocenters. The van der Waals surface area contributed by atoms with E-state index in [1.165, 1.54) is 12.1 Å². The molecular weight excluding hydrogens is 397 g/mol. The monoisotopic (exact) mass is 419 g/mol. The van der Waals surface area contributed by atoms with Gasteiger partial charge >= 0.3 is 0 Å². The average molecular weight is 419 g/mol. The van der Waals surface area contributed by atoms with Crippen molar-refractivity contribution in [3.63, 3.8) is 0 Å². The van der Waals surface area contributed by atoms with Crippen molar-refractivity contribution in [1.82, 2.24) is 24.7 Å². The summed E-state index contributed by atoms with van der Waals surface area (Å²) in [7, 11) is 1.62. The Morgan fingerprint density at radius 1 is 1.03 bits per heavy atom. The molecule has 3 aromatic heterocycles. The van der Waals surface area contributed by atoms with Crippen LogP contribution in [0.25, 0.3) is 11.1 Å². The standard InChI is InChI=1S/C22H22FN7O/c1-15(16-3-5-19(23)6-4-16)27-20-9-17(18-11-26-30(13-18)14-31-2)10-21(28-20)29-22-12-24-7-8-25-22/h3-13,15H,14H2,1-2H3,(H2,25,27,28,29)/t15-/m0/s1.